The van der Waals surface area contributed by atoms with Gasteiger partial charge in [0.2, 0.25) is 0 Å². The van der Waals surface area contributed by atoms with Gasteiger partial charge in [0.25, 0.3) is 0 Å². The Labute approximate surface area is 128 Å². The van der Waals surface area contributed by atoms with Gasteiger partial charge in [-0.25, -0.2) is 0 Å². The van der Waals surface area contributed by atoms with Gasteiger partial charge in [-0.05, 0) is 42.0 Å². The van der Waals surface area contributed by atoms with Crippen LogP contribution in [-0.2, 0) is 0 Å². The summed E-state index contributed by atoms with van der Waals surface area (Å²) in [5.74, 6) is -0.124. The van der Waals surface area contributed by atoms with Crippen LogP contribution in [0.1, 0.15) is 21.3 Å². The van der Waals surface area contributed by atoms with Crippen LogP contribution in [0, 0.1) is 0 Å². The van der Waals surface area contributed by atoms with Crippen LogP contribution in [0.15, 0.2) is 48.5 Å². The lowest BCUT2D eigenvalue weighted by Gasteiger charge is -2.14. The lowest BCUT2D eigenvalue weighted by atomic mass is 10.0. The zero-order valence-corrected chi connectivity index (χ0v) is 12.8. The predicted molar refractivity (Wildman–Crippen MR) is 85.1 cm³/mol. The average Bonchev–Trinajstić information content (AvgIpc) is 2.46. The molecular weight excluding hydrogens is 293 g/mol. The number of rotatable bonds is 4. The Morgan fingerprint density at radius 1 is 1.00 bits per heavy atom. The van der Waals surface area contributed by atoms with Crippen LogP contribution in [0.2, 0.25) is 5.02 Å². The number of nitrogens with zero attached hydrogens (tertiary/aromatic N) is 1. The first-order valence-electron chi connectivity index (χ1n) is 6.20. The number of carbonyl (C=O) groups is 1. The third-order valence-corrected chi connectivity index (χ3v) is 3.76. The summed E-state index contributed by atoms with van der Waals surface area (Å²) in [5, 5.41) is -0.0876. The molecular formula is C16H15Cl2NO. The monoisotopic (exact) mass is 307 g/mol. The van der Waals surface area contributed by atoms with Crippen molar-refractivity contribution in [1.29, 1.82) is 0 Å². The van der Waals surface area contributed by atoms with E-state index >= 15 is 0 Å². The Morgan fingerprint density at radius 3 is 2.05 bits per heavy atom. The smallest absolute Gasteiger partial charge is 0.185 e. The van der Waals surface area contributed by atoms with Gasteiger partial charge in [-0.2, -0.15) is 0 Å². The molecule has 0 heterocycles. The van der Waals surface area contributed by atoms with Gasteiger partial charge < -0.3 is 4.90 Å². The molecule has 0 aliphatic carbocycles. The molecule has 0 aliphatic rings. The summed E-state index contributed by atoms with van der Waals surface area (Å²) in [7, 11) is 3.93. The second-order valence-electron chi connectivity index (χ2n) is 4.72. The van der Waals surface area contributed by atoms with Crippen molar-refractivity contribution in [1.82, 2.24) is 0 Å². The number of hydrogen-bond acceptors (Lipinski definition) is 2. The summed E-state index contributed by atoms with van der Waals surface area (Å²) in [6, 6.07) is 14.4. The van der Waals surface area contributed by atoms with Crippen molar-refractivity contribution in [3.05, 3.63) is 64.7 Å². The highest BCUT2D eigenvalue weighted by atomic mass is 35.5. The molecule has 4 heteroatoms. The quantitative estimate of drug-likeness (QED) is 0.609. The Bertz CT molecular complexity index is 591. The normalized spacial score (nSPS) is 12.0. The van der Waals surface area contributed by atoms with E-state index in [0.717, 1.165) is 11.3 Å². The van der Waals surface area contributed by atoms with Crippen LogP contribution in [0.5, 0.6) is 0 Å². The summed E-state index contributed by atoms with van der Waals surface area (Å²) < 4.78 is 0. The van der Waals surface area contributed by atoms with Crippen molar-refractivity contribution in [2.75, 3.05) is 19.0 Å². The largest absolute Gasteiger partial charge is 0.378 e. The fourth-order valence-corrected chi connectivity index (χ4v) is 2.25. The average molecular weight is 308 g/mol. The van der Waals surface area contributed by atoms with Crippen LogP contribution in [0.3, 0.4) is 0 Å². The molecule has 0 saturated carbocycles. The first-order chi connectivity index (χ1) is 9.49. The lowest BCUT2D eigenvalue weighted by Crippen LogP contribution is -2.10. The third kappa shape index (κ3) is 3.33. The fraction of sp³-hybridized carbons (Fsp3) is 0.188. The number of halogens is 2. The van der Waals surface area contributed by atoms with Crippen molar-refractivity contribution in [2.24, 2.45) is 0 Å². The van der Waals surface area contributed by atoms with E-state index in [0.29, 0.717) is 10.6 Å². The standard InChI is InChI=1S/C16H15Cl2NO/c1-19(2)14-9-5-11(6-10-14)15(18)16(20)12-3-7-13(17)8-4-12/h3-10,15H,1-2H3. The van der Waals surface area contributed by atoms with E-state index in [1.807, 2.05) is 43.3 Å². The Balaban J connectivity index is 2.19. The van der Waals surface area contributed by atoms with Gasteiger partial charge in [0, 0.05) is 30.4 Å². The molecule has 2 rings (SSSR count). The van der Waals surface area contributed by atoms with Crippen molar-refractivity contribution in [3.63, 3.8) is 0 Å². The van der Waals surface area contributed by atoms with Crippen LogP contribution in [-0.4, -0.2) is 19.9 Å². The highest BCUT2D eigenvalue weighted by Gasteiger charge is 2.19. The van der Waals surface area contributed by atoms with E-state index in [-0.39, 0.29) is 5.78 Å². The zero-order chi connectivity index (χ0) is 14.7. The minimum absolute atomic E-state index is 0.124. The summed E-state index contributed by atoms with van der Waals surface area (Å²) in [6.07, 6.45) is 0. The van der Waals surface area contributed by atoms with Gasteiger partial charge in [-0.3, -0.25) is 4.79 Å². The second-order valence-corrected chi connectivity index (χ2v) is 5.59. The minimum atomic E-state index is -0.688. The molecule has 0 amide bonds. The molecule has 0 fully saturated rings. The lowest BCUT2D eigenvalue weighted by molar-refractivity contribution is 0.0987. The van der Waals surface area contributed by atoms with Crippen molar-refractivity contribution in [3.8, 4) is 0 Å². The molecule has 2 aromatic rings. The number of benzene rings is 2. The highest BCUT2D eigenvalue weighted by molar-refractivity contribution is 6.34. The molecule has 0 saturated heterocycles. The van der Waals surface area contributed by atoms with E-state index < -0.39 is 5.38 Å². The Kier molecular flexibility index (Phi) is 4.69. The summed E-state index contributed by atoms with van der Waals surface area (Å²) in [4.78, 5) is 14.3. The zero-order valence-electron chi connectivity index (χ0n) is 11.3. The number of ketones is 1. The maximum absolute atomic E-state index is 12.3. The maximum Gasteiger partial charge on any atom is 0.185 e. The summed E-state index contributed by atoms with van der Waals surface area (Å²) in [5.41, 5.74) is 2.42. The Morgan fingerprint density at radius 2 is 1.55 bits per heavy atom. The van der Waals surface area contributed by atoms with Gasteiger partial charge in [-0.1, -0.05) is 23.7 Å². The highest BCUT2D eigenvalue weighted by Crippen LogP contribution is 2.27. The molecule has 0 spiro atoms. The second kappa shape index (κ2) is 6.29. The van der Waals surface area contributed by atoms with Crippen molar-refractivity contribution in [2.45, 2.75) is 5.38 Å². The van der Waals surface area contributed by atoms with E-state index in [1.54, 1.807) is 24.3 Å². The maximum atomic E-state index is 12.3. The van der Waals surface area contributed by atoms with Gasteiger partial charge in [0.15, 0.2) is 5.78 Å². The van der Waals surface area contributed by atoms with Gasteiger partial charge in [-0.15, -0.1) is 11.6 Å². The molecule has 104 valence electrons. The molecule has 0 aliphatic heterocycles. The molecule has 2 aromatic carbocycles. The van der Waals surface area contributed by atoms with Crippen molar-refractivity contribution < 1.29 is 4.79 Å². The van der Waals surface area contributed by atoms with Crippen LogP contribution in [0.25, 0.3) is 0 Å². The molecule has 0 radical (unpaired) electrons. The first kappa shape index (κ1) is 14.9. The number of Topliss-reactive ketones (excluding diaryl/α,β-unsaturated/α-hetero) is 1. The van der Waals surface area contributed by atoms with E-state index in [1.165, 1.54) is 0 Å². The molecule has 1 unspecified atom stereocenters. The van der Waals surface area contributed by atoms with Crippen LogP contribution in [0.4, 0.5) is 5.69 Å². The number of alkyl halides is 1. The van der Waals surface area contributed by atoms with Gasteiger partial charge >= 0.3 is 0 Å². The first-order valence-corrected chi connectivity index (χ1v) is 7.01. The molecule has 0 bridgehead atoms. The molecule has 20 heavy (non-hydrogen) atoms. The molecule has 0 N–H and O–H groups in total. The fourth-order valence-electron chi connectivity index (χ4n) is 1.85. The van der Waals surface area contributed by atoms with E-state index in [4.69, 9.17) is 23.2 Å². The van der Waals surface area contributed by atoms with E-state index in [9.17, 15) is 4.79 Å². The summed E-state index contributed by atoms with van der Waals surface area (Å²) >= 11 is 12.1. The van der Waals surface area contributed by atoms with Gasteiger partial charge in [0.1, 0.15) is 5.38 Å². The molecule has 0 aromatic heterocycles. The predicted octanol–water partition coefficient (Wildman–Crippen LogP) is 4.57. The van der Waals surface area contributed by atoms with Crippen LogP contribution < -0.4 is 4.90 Å². The van der Waals surface area contributed by atoms with Crippen molar-refractivity contribution >= 4 is 34.7 Å². The number of carbonyl (C=O) groups excluding carboxylic acids is 1. The van der Waals surface area contributed by atoms with E-state index in [2.05, 4.69) is 0 Å². The SMILES string of the molecule is CN(C)c1ccc(C(Cl)C(=O)c2ccc(Cl)cc2)cc1. The Hall–Kier alpha value is -1.51. The number of hydrogen-bond donors (Lipinski definition) is 0. The van der Waals surface area contributed by atoms with Crippen LogP contribution >= 0.6 is 23.2 Å². The number of anilines is 1. The minimum Gasteiger partial charge on any atom is -0.378 e. The molecule has 2 nitrogen and oxygen atoms in total. The third-order valence-electron chi connectivity index (χ3n) is 3.06. The topological polar surface area (TPSA) is 20.3 Å². The summed E-state index contributed by atoms with van der Waals surface area (Å²) in [6.45, 7) is 0. The van der Waals surface area contributed by atoms with Gasteiger partial charge in [0.05, 0.1) is 0 Å². The molecule has 1 atom stereocenters.